The summed E-state index contributed by atoms with van der Waals surface area (Å²) in [5.41, 5.74) is 0. The minimum atomic E-state index is -0.842. The second-order valence-electron chi connectivity index (χ2n) is 26.7. The Kier molecular flexibility index (Phi) is 73.4. The zero-order valence-electron chi connectivity index (χ0n) is 58.1. The third-order valence-corrected chi connectivity index (χ3v) is 18.1. The van der Waals surface area contributed by atoms with E-state index in [-0.39, 0.29) is 18.5 Å². The lowest BCUT2D eigenvalue weighted by Crippen LogP contribution is -2.45. The average molecular weight is 1210 g/mol. The fourth-order valence-corrected chi connectivity index (χ4v) is 12.1. The first-order valence-electron chi connectivity index (χ1n) is 38.9. The van der Waals surface area contributed by atoms with Crippen LogP contribution < -0.4 is 5.32 Å². The van der Waals surface area contributed by atoms with E-state index in [0.29, 0.717) is 19.4 Å². The summed E-state index contributed by atoms with van der Waals surface area (Å²) in [6.07, 6.45) is 99.4. The van der Waals surface area contributed by atoms with E-state index in [4.69, 9.17) is 4.74 Å². The molecule has 0 fully saturated rings. The Labute approximate surface area is 537 Å². The van der Waals surface area contributed by atoms with Gasteiger partial charge in [0.2, 0.25) is 5.91 Å². The molecule has 0 saturated carbocycles. The number of hydrogen-bond acceptors (Lipinski definition) is 5. The average Bonchev–Trinajstić information content (AvgIpc) is 3.60. The molecular formula is C80H151NO5. The molecule has 0 bridgehead atoms. The fraction of sp³-hybridized carbons (Fsp3) is 0.875. The molecule has 86 heavy (non-hydrogen) atoms. The molecule has 0 aromatic carbocycles. The molecule has 0 aromatic rings. The van der Waals surface area contributed by atoms with Crippen molar-refractivity contribution in [2.45, 2.75) is 437 Å². The van der Waals surface area contributed by atoms with Crippen molar-refractivity contribution in [1.29, 1.82) is 0 Å². The second-order valence-corrected chi connectivity index (χ2v) is 26.7. The van der Waals surface area contributed by atoms with Crippen molar-refractivity contribution in [2.75, 3.05) is 13.2 Å². The molecule has 0 saturated heterocycles. The Morgan fingerprint density at radius 1 is 0.326 bits per heavy atom. The van der Waals surface area contributed by atoms with Crippen LogP contribution in [-0.4, -0.2) is 47.4 Å². The third kappa shape index (κ3) is 70.9. The summed E-state index contributed by atoms with van der Waals surface area (Å²) < 4.78 is 5.51. The van der Waals surface area contributed by atoms with Crippen molar-refractivity contribution >= 4 is 11.9 Å². The van der Waals surface area contributed by atoms with Crippen LogP contribution in [0.15, 0.2) is 48.6 Å². The summed E-state index contributed by atoms with van der Waals surface area (Å²) in [7, 11) is 0. The van der Waals surface area contributed by atoms with Gasteiger partial charge in [-0.05, 0) is 89.9 Å². The highest BCUT2D eigenvalue weighted by Gasteiger charge is 2.18. The number of aliphatic hydroxyl groups is 2. The van der Waals surface area contributed by atoms with Gasteiger partial charge in [0.15, 0.2) is 0 Å². The molecule has 0 aliphatic heterocycles. The molecule has 0 aliphatic rings. The summed E-state index contributed by atoms with van der Waals surface area (Å²) >= 11 is 0. The van der Waals surface area contributed by atoms with E-state index in [1.807, 2.05) is 6.08 Å². The number of hydrogen-bond donors (Lipinski definition) is 3. The van der Waals surface area contributed by atoms with E-state index >= 15 is 0 Å². The number of amides is 1. The van der Waals surface area contributed by atoms with Gasteiger partial charge in [0.1, 0.15) is 0 Å². The normalized spacial score (nSPS) is 12.7. The highest BCUT2D eigenvalue weighted by atomic mass is 16.5. The van der Waals surface area contributed by atoms with E-state index < -0.39 is 12.1 Å². The lowest BCUT2D eigenvalue weighted by atomic mass is 10.0. The summed E-state index contributed by atoms with van der Waals surface area (Å²) in [6, 6.07) is -0.626. The monoisotopic (exact) mass is 1210 g/mol. The van der Waals surface area contributed by atoms with Gasteiger partial charge in [0.25, 0.3) is 0 Å². The van der Waals surface area contributed by atoms with Gasteiger partial charge >= 0.3 is 5.97 Å². The molecule has 0 aliphatic carbocycles. The van der Waals surface area contributed by atoms with Gasteiger partial charge in [0, 0.05) is 12.8 Å². The second kappa shape index (κ2) is 75.3. The number of rotatable bonds is 73. The first-order chi connectivity index (χ1) is 42.5. The maximum Gasteiger partial charge on any atom is 0.305 e. The van der Waals surface area contributed by atoms with Crippen molar-refractivity contribution in [2.24, 2.45) is 0 Å². The van der Waals surface area contributed by atoms with Crippen LogP contribution in [0.5, 0.6) is 0 Å². The topological polar surface area (TPSA) is 95.9 Å². The molecule has 6 heteroatoms. The first-order valence-corrected chi connectivity index (χ1v) is 38.9. The third-order valence-electron chi connectivity index (χ3n) is 18.1. The van der Waals surface area contributed by atoms with Gasteiger partial charge < -0.3 is 20.3 Å². The van der Waals surface area contributed by atoms with Gasteiger partial charge in [-0.3, -0.25) is 9.59 Å². The zero-order chi connectivity index (χ0) is 62.0. The van der Waals surface area contributed by atoms with Gasteiger partial charge in [-0.1, -0.05) is 371 Å². The molecule has 1 amide bonds. The maximum atomic E-state index is 12.5. The SMILES string of the molecule is CCCCCC/C=C\C/C=C\CCCCCCCCCC(=O)OCCCCCCCCCCCCCCCC/C=C\CCCCCCCCCCCCCCCCCCCC(=O)NC(CO)C(O)/C=C/CCCCCCCCCCCCCCCC. The molecule has 2 unspecified atom stereocenters. The van der Waals surface area contributed by atoms with Crippen LogP contribution in [0.2, 0.25) is 0 Å². The molecule has 3 N–H and O–H groups in total. The zero-order valence-corrected chi connectivity index (χ0v) is 58.1. The summed E-state index contributed by atoms with van der Waals surface area (Å²) in [6.45, 7) is 4.92. The van der Waals surface area contributed by atoms with Crippen LogP contribution >= 0.6 is 0 Å². The fourth-order valence-electron chi connectivity index (χ4n) is 12.1. The maximum absolute atomic E-state index is 12.5. The highest BCUT2D eigenvalue weighted by molar-refractivity contribution is 5.76. The summed E-state index contributed by atoms with van der Waals surface area (Å²) in [5.74, 6) is -0.0487. The molecule has 506 valence electrons. The first kappa shape index (κ1) is 83.8. The highest BCUT2D eigenvalue weighted by Crippen LogP contribution is 2.19. The predicted octanol–water partition coefficient (Wildman–Crippen LogP) is 25.6. The van der Waals surface area contributed by atoms with Crippen LogP contribution in [0.3, 0.4) is 0 Å². The number of carbonyl (C=O) groups excluding carboxylic acids is 2. The van der Waals surface area contributed by atoms with Crippen LogP contribution in [0.25, 0.3) is 0 Å². The predicted molar refractivity (Wildman–Crippen MR) is 379 cm³/mol. The molecule has 0 aromatic heterocycles. The number of nitrogens with one attached hydrogen (secondary N) is 1. The number of ether oxygens (including phenoxy) is 1. The Bertz CT molecular complexity index is 1440. The molecule has 0 heterocycles. The Morgan fingerprint density at radius 3 is 0.907 bits per heavy atom. The quantitative estimate of drug-likeness (QED) is 0.0320. The summed E-state index contributed by atoms with van der Waals surface area (Å²) in [4.78, 5) is 24.6. The lowest BCUT2D eigenvalue weighted by Gasteiger charge is -2.20. The van der Waals surface area contributed by atoms with E-state index in [2.05, 4.69) is 55.6 Å². The van der Waals surface area contributed by atoms with Gasteiger partial charge in [-0.2, -0.15) is 0 Å². The molecular weight excluding hydrogens is 1050 g/mol. The lowest BCUT2D eigenvalue weighted by molar-refractivity contribution is -0.143. The van der Waals surface area contributed by atoms with E-state index in [1.54, 1.807) is 6.08 Å². The molecule has 0 spiro atoms. The number of unbranched alkanes of at least 4 members (excludes halogenated alkanes) is 56. The smallest absolute Gasteiger partial charge is 0.305 e. The van der Waals surface area contributed by atoms with Crippen LogP contribution in [0.4, 0.5) is 0 Å². The standard InChI is InChI=1S/C80H151NO5/c1-3-5-7-9-11-13-15-17-19-21-42-46-50-54-58-62-66-70-74-80(85)86-75-71-67-63-59-55-51-47-43-40-38-36-34-32-30-28-26-24-22-23-25-27-29-31-33-35-37-39-41-45-49-53-57-61-65-69-73-79(84)81-77(76-82)78(83)72-68-64-60-56-52-48-44-20-18-16-14-12-10-8-6-4-2/h13,15,19,21,24,26,68,72,77-78,82-83H,3-12,14,16-18,20,22-23,25,27-67,69-71,73-76H2,1-2H3,(H,81,84)/b15-13-,21-19-,26-24-,72-68+. The van der Waals surface area contributed by atoms with E-state index in [9.17, 15) is 19.8 Å². The van der Waals surface area contributed by atoms with Crippen molar-refractivity contribution in [3.63, 3.8) is 0 Å². The molecule has 0 rings (SSSR count). The van der Waals surface area contributed by atoms with Crippen molar-refractivity contribution in [3.05, 3.63) is 48.6 Å². The van der Waals surface area contributed by atoms with E-state index in [0.717, 1.165) is 51.4 Å². The molecule has 2 atom stereocenters. The Hall–Kier alpha value is -2.18. The summed E-state index contributed by atoms with van der Waals surface area (Å²) in [5, 5.41) is 23.2. The Balaban J connectivity index is 3.35. The van der Waals surface area contributed by atoms with Crippen molar-refractivity contribution in [1.82, 2.24) is 5.32 Å². The minimum Gasteiger partial charge on any atom is -0.466 e. The van der Waals surface area contributed by atoms with Crippen molar-refractivity contribution < 1.29 is 24.5 Å². The van der Waals surface area contributed by atoms with Crippen LogP contribution in [0.1, 0.15) is 425 Å². The number of esters is 1. The van der Waals surface area contributed by atoms with Crippen LogP contribution in [-0.2, 0) is 14.3 Å². The van der Waals surface area contributed by atoms with E-state index in [1.165, 1.54) is 347 Å². The van der Waals surface area contributed by atoms with Crippen LogP contribution in [0, 0.1) is 0 Å². The number of aliphatic hydroxyl groups excluding tert-OH is 2. The molecule has 0 radical (unpaired) electrons. The van der Waals surface area contributed by atoms with Gasteiger partial charge in [-0.25, -0.2) is 0 Å². The largest absolute Gasteiger partial charge is 0.466 e. The van der Waals surface area contributed by atoms with Gasteiger partial charge in [-0.15, -0.1) is 0 Å². The Morgan fingerprint density at radius 2 is 0.581 bits per heavy atom. The number of carbonyl (C=O) groups is 2. The van der Waals surface area contributed by atoms with Gasteiger partial charge in [0.05, 0.1) is 25.4 Å². The molecule has 6 nitrogen and oxygen atoms in total. The minimum absolute atomic E-state index is 0.0130. The number of allylic oxidation sites excluding steroid dienone is 7. The van der Waals surface area contributed by atoms with Crippen molar-refractivity contribution in [3.8, 4) is 0 Å².